The number of nitrogens with two attached hydrogens (primary N) is 1. The Balaban J connectivity index is 1.72. The molecule has 0 saturated carbocycles. The van der Waals surface area contributed by atoms with Gasteiger partial charge in [0.25, 0.3) is 5.91 Å². The van der Waals surface area contributed by atoms with Crippen molar-refractivity contribution in [3.05, 3.63) is 41.0 Å². The molecule has 0 spiro atoms. The average molecular weight is 463 g/mol. The summed E-state index contributed by atoms with van der Waals surface area (Å²) in [4.78, 5) is 16.0. The highest BCUT2D eigenvalue weighted by Gasteiger charge is 2.38. The molecule has 174 valence electrons. The van der Waals surface area contributed by atoms with E-state index in [0.29, 0.717) is 19.8 Å². The maximum absolute atomic E-state index is 13.7. The van der Waals surface area contributed by atoms with Crippen molar-refractivity contribution in [2.24, 2.45) is 16.6 Å². The largest absolute Gasteiger partial charge is 0.552 e. The number of hydrogen-bond acceptors (Lipinski definition) is 7. The van der Waals surface area contributed by atoms with E-state index in [9.17, 15) is 23.0 Å². The van der Waals surface area contributed by atoms with Gasteiger partial charge in [-0.25, -0.2) is 0 Å². The number of nitrogens with one attached hydrogen (secondary N) is 1. The van der Waals surface area contributed by atoms with Crippen molar-refractivity contribution >= 4 is 37.3 Å². The molecule has 2 atom stereocenters. The molecule has 1 aromatic heterocycles. The highest BCUT2D eigenvalue weighted by Crippen LogP contribution is 2.42. The summed E-state index contributed by atoms with van der Waals surface area (Å²) in [5.41, 5.74) is 4.56. The van der Waals surface area contributed by atoms with Crippen LogP contribution in [0.5, 0.6) is 5.75 Å². The Kier molecular flexibility index (Phi) is 6.17. The van der Waals surface area contributed by atoms with E-state index >= 15 is 0 Å². The number of ether oxygens (including phenoxy) is 1. The monoisotopic (exact) mass is 463 g/mol. The Labute approximate surface area is 187 Å². The minimum Gasteiger partial charge on any atom is -0.532 e. The molecule has 4 N–H and O–H groups in total. The molecule has 1 amide bonds. The van der Waals surface area contributed by atoms with Crippen molar-refractivity contribution in [1.82, 2.24) is 9.78 Å². The van der Waals surface area contributed by atoms with Crippen LogP contribution in [0.3, 0.4) is 0 Å². The van der Waals surface area contributed by atoms with Crippen LogP contribution in [0, 0.1) is 5.92 Å². The van der Waals surface area contributed by atoms with E-state index in [1.54, 1.807) is 0 Å². The zero-order valence-electron chi connectivity index (χ0n) is 17.4. The molecule has 4 rings (SSSR count). The van der Waals surface area contributed by atoms with Crippen molar-refractivity contribution in [3.63, 3.8) is 0 Å². The molecule has 33 heavy (non-hydrogen) atoms. The van der Waals surface area contributed by atoms with Crippen LogP contribution in [0.15, 0.2) is 29.3 Å². The van der Waals surface area contributed by atoms with Crippen LogP contribution in [-0.4, -0.2) is 54.3 Å². The summed E-state index contributed by atoms with van der Waals surface area (Å²) in [7, 11) is -1.48. The van der Waals surface area contributed by atoms with Gasteiger partial charge in [0.2, 0.25) is 0 Å². The quantitative estimate of drug-likeness (QED) is 0.447. The molecule has 9 nitrogen and oxygen atoms in total. The second-order valence-corrected chi connectivity index (χ2v) is 7.77. The molecule has 2 aromatic rings. The molecular weight excluding hydrogens is 442 g/mol. The summed E-state index contributed by atoms with van der Waals surface area (Å²) < 4.78 is 53.0. The molecule has 0 radical (unpaired) electrons. The van der Waals surface area contributed by atoms with Crippen molar-refractivity contribution < 1.29 is 32.4 Å². The summed E-state index contributed by atoms with van der Waals surface area (Å²) in [6.45, 7) is 4.90. The van der Waals surface area contributed by atoms with Gasteiger partial charge in [0, 0.05) is 36.5 Å². The molecule has 0 aliphatic carbocycles. The fourth-order valence-corrected chi connectivity index (χ4v) is 3.94. The number of aromatic nitrogens is 2. The number of amides is 1. The third-order valence-electron chi connectivity index (χ3n) is 5.53. The Morgan fingerprint density at radius 1 is 1.45 bits per heavy atom. The number of carbonyl (C=O) groups is 1. The number of hydrogen-bond donors (Lipinski definition) is 3. The van der Waals surface area contributed by atoms with Gasteiger partial charge in [-0.15, -0.1) is 0 Å². The lowest BCUT2D eigenvalue weighted by Gasteiger charge is -2.30. The Morgan fingerprint density at radius 3 is 2.94 bits per heavy atom. The molecular formula is C20H21BF3N5O4. The number of alkyl halides is 3. The van der Waals surface area contributed by atoms with Gasteiger partial charge in [-0.3, -0.25) is 9.48 Å². The van der Waals surface area contributed by atoms with Crippen LogP contribution in [-0.2, 0) is 10.9 Å². The highest BCUT2D eigenvalue weighted by atomic mass is 19.4. The maximum atomic E-state index is 13.7. The number of benzene rings is 1. The van der Waals surface area contributed by atoms with Crippen molar-refractivity contribution in [2.75, 3.05) is 25.1 Å². The number of anilines is 2. The van der Waals surface area contributed by atoms with Crippen molar-refractivity contribution in [1.29, 1.82) is 0 Å². The standard InChI is InChI=1S/C20H21BF3N5O4/c1-26-8-12-3-5-32-10-16(12)29-9-14(18(25)30)19(28-29)27-13-6-11-2-4-21(31)33-17(11)15(7-13)20(22,23)24/h2,4,6-7,9,12,16,31H,1,3,5,8,10H2,(H2,25,30)(H,27,28)/t12-,16+/m1/s1. The van der Waals surface area contributed by atoms with E-state index in [2.05, 4.69) is 22.1 Å². The molecule has 1 saturated heterocycles. The third kappa shape index (κ3) is 4.73. The summed E-state index contributed by atoms with van der Waals surface area (Å²) in [5, 5.41) is 16.7. The van der Waals surface area contributed by atoms with Crippen LogP contribution >= 0.6 is 0 Å². The first-order valence-corrected chi connectivity index (χ1v) is 10.1. The molecule has 13 heteroatoms. The predicted octanol–water partition coefficient (Wildman–Crippen LogP) is 2.45. The molecule has 1 aromatic carbocycles. The van der Waals surface area contributed by atoms with E-state index in [1.807, 2.05) is 0 Å². The molecule has 0 unspecified atom stereocenters. The Hall–Kier alpha value is -3.32. The average Bonchev–Trinajstić information content (AvgIpc) is 3.17. The van der Waals surface area contributed by atoms with E-state index in [-0.39, 0.29) is 34.6 Å². The molecule has 0 bridgehead atoms. The number of fused-ring (bicyclic) bond motifs is 1. The number of aliphatic imine (C=N–C) groups is 1. The summed E-state index contributed by atoms with van der Waals surface area (Å²) in [5.74, 6) is 0.0143. The number of carbonyl (C=O) groups excluding carboxylic acids is 1. The Bertz CT molecular complexity index is 1100. The van der Waals surface area contributed by atoms with Crippen LogP contribution in [0.1, 0.15) is 33.9 Å². The molecule has 2 aliphatic heterocycles. The van der Waals surface area contributed by atoms with Crippen LogP contribution in [0.25, 0.3) is 6.08 Å². The first-order chi connectivity index (χ1) is 15.7. The van der Waals surface area contributed by atoms with E-state index < -0.39 is 30.5 Å². The van der Waals surface area contributed by atoms with Gasteiger partial charge in [-0.1, -0.05) is 6.08 Å². The topological polar surface area (TPSA) is 124 Å². The van der Waals surface area contributed by atoms with Crippen molar-refractivity contribution in [2.45, 2.75) is 18.6 Å². The van der Waals surface area contributed by atoms with Gasteiger partial charge in [-0.05, 0) is 31.2 Å². The van der Waals surface area contributed by atoms with Crippen LogP contribution in [0.2, 0.25) is 0 Å². The minimum atomic E-state index is -4.75. The third-order valence-corrected chi connectivity index (χ3v) is 5.53. The first-order valence-electron chi connectivity index (χ1n) is 10.1. The summed E-state index contributed by atoms with van der Waals surface area (Å²) >= 11 is 0. The lowest BCUT2D eigenvalue weighted by molar-refractivity contribution is -0.138. The molecule has 3 heterocycles. The van der Waals surface area contributed by atoms with Gasteiger partial charge in [-0.2, -0.15) is 18.3 Å². The minimum absolute atomic E-state index is 0.00667. The SMILES string of the molecule is C=NC[C@H]1CCOC[C@@H]1n1cc(C(N)=O)c(Nc2cc3c(c(C(F)(F)F)c2)OB(O)C=C3)n1. The van der Waals surface area contributed by atoms with Gasteiger partial charge in [0.15, 0.2) is 5.82 Å². The first kappa shape index (κ1) is 22.9. The maximum Gasteiger partial charge on any atom is 0.552 e. The van der Waals surface area contributed by atoms with Crippen LogP contribution in [0.4, 0.5) is 24.7 Å². The zero-order valence-corrected chi connectivity index (χ0v) is 17.4. The van der Waals surface area contributed by atoms with Crippen molar-refractivity contribution in [3.8, 4) is 5.75 Å². The lowest BCUT2D eigenvalue weighted by Crippen LogP contribution is -2.32. The van der Waals surface area contributed by atoms with E-state index in [1.165, 1.54) is 29.0 Å². The van der Waals surface area contributed by atoms with Gasteiger partial charge in [0.05, 0.1) is 18.2 Å². The molecule has 1 fully saturated rings. The van der Waals surface area contributed by atoms with E-state index in [0.717, 1.165) is 12.5 Å². The second-order valence-electron chi connectivity index (χ2n) is 7.77. The van der Waals surface area contributed by atoms with Crippen LogP contribution < -0.4 is 15.7 Å². The number of nitrogens with zero attached hydrogens (tertiary/aromatic N) is 3. The lowest BCUT2D eigenvalue weighted by atomic mass is 9.85. The van der Waals surface area contributed by atoms with Gasteiger partial charge in [0.1, 0.15) is 11.3 Å². The normalized spacial score (nSPS) is 20.2. The summed E-state index contributed by atoms with van der Waals surface area (Å²) in [6, 6.07) is 1.97. The van der Waals surface area contributed by atoms with E-state index in [4.69, 9.17) is 15.1 Å². The van der Waals surface area contributed by atoms with Gasteiger partial charge >= 0.3 is 13.3 Å². The fourth-order valence-electron chi connectivity index (χ4n) is 3.94. The Morgan fingerprint density at radius 2 is 2.24 bits per heavy atom. The second kappa shape index (κ2) is 8.91. The number of halogens is 3. The predicted molar refractivity (Wildman–Crippen MR) is 115 cm³/mol. The number of rotatable bonds is 6. The molecule has 2 aliphatic rings. The van der Waals surface area contributed by atoms with Gasteiger partial charge < -0.3 is 30.5 Å². The highest BCUT2D eigenvalue weighted by molar-refractivity contribution is 6.51. The summed E-state index contributed by atoms with van der Waals surface area (Å²) in [6.07, 6.45) is -1.26. The fraction of sp³-hybridized carbons (Fsp3) is 0.350. The zero-order chi connectivity index (χ0) is 23.8. The number of primary amides is 1. The smallest absolute Gasteiger partial charge is 0.532 e.